The molecule has 1 amide bonds. The van der Waals surface area contributed by atoms with Gasteiger partial charge >= 0.3 is 0 Å². The van der Waals surface area contributed by atoms with Gasteiger partial charge in [-0.1, -0.05) is 36.4 Å². The van der Waals surface area contributed by atoms with E-state index in [1.54, 1.807) is 12.3 Å². The molecule has 0 unspecified atom stereocenters. The highest BCUT2D eigenvalue weighted by Gasteiger charge is 2.08. The van der Waals surface area contributed by atoms with Crippen LogP contribution in [-0.2, 0) is 0 Å². The number of hydrogen-bond acceptors (Lipinski definition) is 3. The summed E-state index contributed by atoms with van der Waals surface area (Å²) in [5, 5.41) is 15.7. The maximum absolute atomic E-state index is 12.4. The van der Waals surface area contributed by atoms with Crippen molar-refractivity contribution in [1.29, 1.82) is 0 Å². The second kappa shape index (κ2) is 6.54. The number of carbonyl (C=O) groups is 1. The molecule has 3 aromatic carbocycles. The molecule has 0 aliphatic carbocycles. The normalized spacial score (nSPS) is 11.1. The van der Waals surface area contributed by atoms with Crippen molar-refractivity contribution < 1.29 is 9.90 Å². The SMILES string of the molecule is Cc1cc(/C=N/NC(=O)c2cccc3ccccc23)cc(C)c1O. The van der Waals surface area contributed by atoms with Gasteiger partial charge in [-0.05, 0) is 59.5 Å². The zero-order valence-corrected chi connectivity index (χ0v) is 13.6. The molecule has 4 nitrogen and oxygen atoms in total. The molecule has 0 aromatic heterocycles. The van der Waals surface area contributed by atoms with Gasteiger partial charge < -0.3 is 5.11 Å². The number of hydrogen-bond donors (Lipinski definition) is 2. The van der Waals surface area contributed by atoms with Gasteiger partial charge in [-0.2, -0.15) is 5.10 Å². The fraction of sp³-hybridized carbons (Fsp3) is 0.100. The molecule has 3 rings (SSSR count). The average Bonchev–Trinajstić information content (AvgIpc) is 2.59. The number of nitrogens with zero attached hydrogens (tertiary/aromatic N) is 1. The van der Waals surface area contributed by atoms with E-state index >= 15 is 0 Å². The molecule has 0 aliphatic heterocycles. The Labute approximate surface area is 140 Å². The third-order valence-electron chi connectivity index (χ3n) is 3.93. The standard InChI is InChI=1S/C20H18N2O2/c1-13-10-15(11-14(2)19(13)23)12-21-22-20(24)18-9-5-7-16-6-3-4-8-17(16)18/h3-12,23H,1-2H3,(H,22,24)/b21-12+. The van der Waals surface area contributed by atoms with E-state index in [0.717, 1.165) is 27.5 Å². The summed E-state index contributed by atoms with van der Waals surface area (Å²) >= 11 is 0. The molecule has 0 fully saturated rings. The van der Waals surface area contributed by atoms with Gasteiger partial charge in [-0.3, -0.25) is 4.79 Å². The summed E-state index contributed by atoms with van der Waals surface area (Å²) < 4.78 is 0. The lowest BCUT2D eigenvalue weighted by Gasteiger charge is -2.06. The Kier molecular flexibility index (Phi) is 4.29. The van der Waals surface area contributed by atoms with Crippen LogP contribution in [0.1, 0.15) is 27.0 Å². The first kappa shape index (κ1) is 15.7. The van der Waals surface area contributed by atoms with Crippen molar-refractivity contribution in [2.75, 3.05) is 0 Å². The van der Waals surface area contributed by atoms with Crippen LogP contribution in [0.25, 0.3) is 10.8 Å². The second-order valence-corrected chi connectivity index (χ2v) is 5.73. The smallest absolute Gasteiger partial charge is 0.271 e. The van der Waals surface area contributed by atoms with Gasteiger partial charge in [0.1, 0.15) is 5.75 Å². The summed E-state index contributed by atoms with van der Waals surface area (Å²) in [5.41, 5.74) is 5.52. The van der Waals surface area contributed by atoms with E-state index in [-0.39, 0.29) is 11.7 Å². The number of hydrazone groups is 1. The molecule has 0 aliphatic rings. The van der Waals surface area contributed by atoms with Gasteiger partial charge in [0.15, 0.2) is 0 Å². The van der Waals surface area contributed by atoms with E-state index in [1.807, 2.05) is 62.4 Å². The van der Waals surface area contributed by atoms with E-state index in [9.17, 15) is 9.90 Å². The summed E-state index contributed by atoms with van der Waals surface area (Å²) in [5.74, 6) is 0.0298. The average molecular weight is 318 g/mol. The van der Waals surface area contributed by atoms with E-state index in [4.69, 9.17) is 0 Å². The molecule has 0 bridgehead atoms. The van der Waals surface area contributed by atoms with Crippen molar-refractivity contribution >= 4 is 22.9 Å². The van der Waals surface area contributed by atoms with Crippen LogP contribution < -0.4 is 5.43 Å². The Bertz CT molecular complexity index is 917. The third kappa shape index (κ3) is 3.13. The number of benzene rings is 3. The van der Waals surface area contributed by atoms with E-state index in [1.165, 1.54) is 0 Å². The monoisotopic (exact) mass is 318 g/mol. The summed E-state index contributed by atoms with van der Waals surface area (Å²) in [4.78, 5) is 12.4. The molecule has 0 spiro atoms. The molecular formula is C20H18N2O2. The summed E-state index contributed by atoms with van der Waals surface area (Å²) in [6, 6.07) is 17.0. The minimum atomic E-state index is -0.254. The van der Waals surface area contributed by atoms with Gasteiger partial charge in [0.25, 0.3) is 5.91 Å². The van der Waals surface area contributed by atoms with Crippen LogP contribution in [0.4, 0.5) is 0 Å². The van der Waals surface area contributed by atoms with Crippen molar-refractivity contribution in [2.24, 2.45) is 5.10 Å². The molecule has 4 heteroatoms. The molecule has 2 N–H and O–H groups in total. The Hall–Kier alpha value is -3.14. The van der Waals surface area contributed by atoms with Crippen LogP contribution in [0.15, 0.2) is 59.7 Å². The molecular weight excluding hydrogens is 300 g/mol. The Morgan fingerprint density at radius 3 is 2.46 bits per heavy atom. The maximum atomic E-state index is 12.4. The largest absolute Gasteiger partial charge is 0.507 e. The van der Waals surface area contributed by atoms with Crippen LogP contribution in [0.3, 0.4) is 0 Å². The maximum Gasteiger partial charge on any atom is 0.271 e. The zero-order valence-electron chi connectivity index (χ0n) is 13.6. The second-order valence-electron chi connectivity index (χ2n) is 5.73. The van der Waals surface area contributed by atoms with Gasteiger partial charge in [0.05, 0.1) is 6.21 Å². The Balaban J connectivity index is 1.80. The summed E-state index contributed by atoms with van der Waals surface area (Å²) in [6.45, 7) is 3.66. The molecule has 24 heavy (non-hydrogen) atoms. The number of amides is 1. The number of rotatable bonds is 3. The number of aryl methyl sites for hydroxylation is 2. The first-order chi connectivity index (χ1) is 11.6. The van der Waals surface area contributed by atoms with Crippen molar-refractivity contribution in [3.63, 3.8) is 0 Å². The van der Waals surface area contributed by atoms with E-state index < -0.39 is 0 Å². The first-order valence-electron chi connectivity index (χ1n) is 7.67. The molecule has 0 heterocycles. The summed E-state index contributed by atoms with van der Waals surface area (Å²) in [6.07, 6.45) is 1.57. The number of phenols is 1. The van der Waals surface area contributed by atoms with Crippen molar-refractivity contribution in [1.82, 2.24) is 5.43 Å². The third-order valence-corrected chi connectivity index (χ3v) is 3.93. The van der Waals surface area contributed by atoms with Crippen LogP contribution in [0.2, 0.25) is 0 Å². The molecule has 0 saturated carbocycles. The number of fused-ring (bicyclic) bond motifs is 1. The van der Waals surface area contributed by atoms with Crippen LogP contribution in [-0.4, -0.2) is 17.2 Å². The highest BCUT2D eigenvalue weighted by molar-refractivity contribution is 6.07. The minimum absolute atomic E-state index is 0.254. The number of aromatic hydroxyl groups is 1. The fourth-order valence-electron chi connectivity index (χ4n) is 2.71. The lowest BCUT2D eigenvalue weighted by molar-refractivity contribution is 0.0957. The first-order valence-corrected chi connectivity index (χ1v) is 7.67. The highest BCUT2D eigenvalue weighted by Crippen LogP contribution is 2.22. The van der Waals surface area contributed by atoms with E-state index in [2.05, 4.69) is 10.5 Å². The van der Waals surface area contributed by atoms with Crippen LogP contribution in [0.5, 0.6) is 5.75 Å². The van der Waals surface area contributed by atoms with Crippen LogP contribution in [0, 0.1) is 13.8 Å². The molecule has 0 atom stereocenters. The van der Waals surface area contributed by atoms with Gasteiger partial charge in [-0.25, -0.2) is 5.43 Å². The quantitative estimate of drug-likeness (QED) is 0.568. The number of phenolic OH excluding ortho intramolecular Hbond substituents is 1. The van der Waals surface area contributed by atoms with Gasteiger partial charge in [0.2, 0.25) is 0 Å². The predicted octanol–water partition coefficient (Wildman–Crippen LogP) is 3.93. The molecule has 120 valence electrons. The minimum Gasteiger partial charge on any atom is -0.507 e. The molecule has 3 aromatic rings. The Morgan fingerprint density at radius 1 is 1.04 bits per heavy atom. The fourth-order valence-corrected chi connectivity index (χ4v) is 2.71. The van der Waals surface area contributed by atoms with Gasteiger partial charge in [0, 0.05) is 5.56 Å². The zero-order chi connectivity index (χ0) is 17.1. The number of carbonyl (C=O) groups excluding carboxylic acids is 1. The lowest BCUT2D eigenvalue weighted by Crippen LogP contribution is -2.17. The molecule has 0 radical (unpaired) electrons. The summed E-state index contributed by atoms with van der Waals surface area (Å²) in [7, 11) is 0. The highest BCUT2D eigenvalue weighted by atomic mass is 16.3. The van der Waals surface area contributed by atoms with Crippen molar-refractivity contribution in [3.8, 4) is 5.75 Å². The van der Waals surface area contributed by atoms with Crippen molar-refractivity contribution in [2.45, 2.75) is 13.8 Å². The van der Waals surface area contributed by atoms with Gasteiger partial charge in [-0.15, -0.1) is 0 Å². The molecule has 0 saturated heterocycles. The topological polar surface area (TPSA) is 61.7 Å². The lowest BCUT2D eigenvalue weighted by atomic mass is 10.0. The van der Waals surface area contributed by atoms with Crippen molar-refractivity contribution in [3.05, 3.63) is 76.9 Å². The van der Waals surface area contributed by atoms with Crippen LogP contribution >= 0.6 is 0 Å². The number of nitrogens with one attached hydrogen (secondary N) is 1. The van der Waals surface area contributed by atoms with E-state index in [0.29, 0.717) is 5.56 Å². The Morgan fingerprint density at radius 2 is 1.71 bits per heavy atom. The predicted molar refractivity (Wildman–Crippen MR) is 96.6 cm³/mol.